The van der Waals surface area contributed by atoms with E-state index in [9.17, 15) is 14.4 Å². The highest BCUT2D eigenvalue weighted by atomic mass is 16.5. The minimum absolute atomic E-state index is 0.0421. The molecule has 0 saturated heterocycles. The maximum absolute atomic E-state index is 11.5. The molecule has 17 heavy (non-hydrogen) atoms. The van der Waals surface area contributed by atoms with Gasteiger partial charge in [0.25, 0.3) is 0 Å². The Hall–Kier alpha value is -1.63. The van der Waals surface area contributed by atoms with E-state index >= 15 is 0 Å². The Morgan fingerprint density at radius 1 is 1.24 bits per heavy atom. The summed E-state index contributed by atoms with van der Waals surface area (Å²) in [5.41, 5.74) is 0. The summed E-state index contributed by atoms with van der Waals surface area (Å²) in [6.45, 7) is 3.48. The van der Waals surface area contributed by atoms with Gasteiger partial charge in [-0.15, -0.1) is 0 Å². The number of nitrogens with one attached hydrogen (secondary N) is 1. The van der Waals surface area contributed by atoms with Crippen molar-refractivity contribution in [2.24, 2.45) is 0 Å². The highest BCUT2D eigenvalue weighted by molar-refractivity contribution is 5.85. The number of hydrogen-bond acceptors (Lipinski definition) is 4. The van der Waals surface area contributed by atoms with Gasteiger partial charge in [-0.25, -0.2) is 4.79 Å². The molecule has 0 unspecified atom stereocenters. The molecule has 7 nitrogen and oxygen atoms in total. The van der Waals surface area contributed by atoms with Gasteiger partial charge < -0.3 is 20.1 Å². The number of likely N-dealkylation sites (N-methyl/N-ethyl adjacent to an activating group) is 2. The number of hydrogen-bond donors (Lipinski definition) is 2. The predicted molar refractivity (Wildman–Crippen MR) is 59.4 cm³/mol. The summed E-state index contributed by atoms with van der Waals surface area (Å²) >= 11 is 0. The fourth-order valence-corrected chi connectivity index (χ4v) is 1.12. The molecule has 0 rings (SSSR count). The summed E-state index contributed by atoms with van der Waals surface area (Å²) in [5.74, 6) is -1.79. The maximum Gasteiger partial charge on any atom is 0.329 e. The van der Waals surface area contributed by atoms with Crippen LogP contribution in [0, 0.1) is 0 Å². The Morgan fingerprint density at radius 3 is 2.35 bits per heavy atom. The monoisotopic (exact) mass is 246 g/mol. The molecular formula is C10H18N2O5. The third kappa shape index (κ3) is 7.29. The highest BCUT2D eigenvalue weighted by Crippen LogP contribution is 1.91. The van der Waals surface area contributed by atoms with Crippen molar-refractivity contribution in [3.8, 4) is 0 Å². The van der Waals surface area contributed by atoms with Crippen LogP contribution < -0.4 is 5.32 Å². The average molecular weight is 246 g/mol. The number of carbonyl (C=O) groups is 3. The molecule has 0 heterocycles. The molecule has 98 valence electrons. The maximum atomic E-state index is 11.5. The summed E-state index contributed by atoms with van der Waals surface area (Å²) in [7, 11) is 0. The summed E-state index contributed by atoms with van der Waals surface area (Å²) < 4.78 is 4.66. The van der Waals surface area contributed by atoms with Crippen LogP contribution in [0.1, 0.15) is 13.8 Å². The van der Waals surface area contributed by atoms with Gasteiger partial charge in [0, 0.05) is 13.1 Å². The Balaban J connectivity index is 4.03. The standard InChI is InChI=1S/C10H18N2O5/c1-3-11-8(13)5-12(4-2)9(14)6-17-7-10(15)16/h3-7H2,1-2H3,(H,11,13)(H,15,16). The van der Waals surface area contributed by atoms with E-state index in [0.717, 1.165) is 0 Å². The summed E-state index contributed by atoms with van der Waals surface area (Å²) in [6.07, 6.45) is 0. The molecule has 0 aliphatic heterocycles. The zero-order valence-corrected chi connectivity index (χ0v) is 10.1. The zero-order chi connectivity index (χ0) is 13.3. The fraction of sp³-hybridized carbons (Fsp3) is 0.700. The van der Waals surface area contributed by atoms with Crippen LogP contribution in [0.25, 0.3) is 0 Å². The van der Waals surface area contributed by atoms with Crippen molar-refractivity contribution in [2.45, 2.75) is 13.8 Å². The molecule has 0 atom stereocenters. The Labute approximate surface area is 99.7 Å². The Morgan fingerprint density at radius 2 is 1.88 bits per heavy atom. The summed E-state index contributed by atoms with van der Waals surface area (Å²) in [4.78, 5) is 34.2. The first-order valence-corrected chi connectivity index (χ1v) is 5.35. The zero-order valence-electron chi connectivity index (χ0n) is 10.1. The van der Waals surface area contributed by atoms with E-state index in [1.54, 1.807) is 13.8 Å². The number of ether oxygens (including phenoxy) is 1. The Kier molecular flexibility index (Phi) is 7.70. The molecule has 0 aliphatic carbocycles. The number of carboxylic acid groups (broad SMARTS) is 1. The van der Waals surface area contributed by atoms with Crippen molar-refractivity contribution >= 4 is 17.8 Å². The van der Waals surface area contributed by atoms with Crippen molar-refractivity contribution < 1.29 is 24.2 Å². The van der Waals surface area contributed by atoms with E-state index in [2.05, 4.69) is 10.1 Å². The second kappa shape index (κ2) is 8.51. The number of carboxylic acids is 1. The summed E-state index contributed by atoms with van der Waals surface area (Å²) in [6, 6.07) is 0. The molecule has 7 heteroatoms. The lowest BCUT2D eigenvalue weighted by Crippen LogP contribution is -2.42. The van der Waals surface area contributed by atoms with Gasteiger partial charge in [-0.3, -0.25) is 9.59 Å². The Bertz CT molecular complexity index is 280. The first-order chi connectivity index (χ1) is 8.01. The third-order valence-corrected chi connectivity index (χ3v) is 1.89. The van der Waals surface area contributed by atoms with Crippen LogP contribution in [0.5, 0.6) is 0 Å². The minimum atomic E-state index is -1.13. The normalized spacial score (nSPS) is 9.76. The van der Waals surface area contributed by atoms with E-state index in [-0.39, 0.29) is 19.1 Å². The van der Waals surface area contributed by atoms with E-state index in [0.29, 0.717) is 13.1 Å². The fourth-order valence-electron chi connectivity index (χ4n) is 1.12. The predicted octanol–water partition coefficient (Wildman–Crippen LogP) is -0.928. The van der Waals surface area contributed by atoms with Gasteiger partial charge in [-0.2, -0.15) is 0 Å². The molecule has 2 amide bonds. The highest BCUT2D eigenvalue weighted by Gasteiger charge is 2.15. The molecular weight excluding hydrogens is 228 g/mol. The van der Waals surface area contributed by atoms with Crippen LogP contribution >= 0.6 is 0 Å². The topological polar surface area (TPSA) is 95.9 Å². The molecule has 0 spiro atoms. The van der Waals surface area contributed by atoms with Gasteiger partial charge >= 0.3 is 5.97 Å². The quantitative estimate of drug-likeness (QED) is 0.577. The largest absolute Gasteiger partial charge is 0.480 e. The molecule has 0 aromatic rings. The van der Waals surface area contributed by atoms with Gasteiger partial charge in [0.2, 0.25) is 11.8 Å². The molecule has 2 N–H and O–H groups in total. The van der Waals surface area contributed by atoms with E-state index < -0.39 is 18.5 Å². The first kappa shape index (κ1) is 15.4. The molecule has 0 fully saturated rings. The van der Waals surface area contributed by atoms with Crippen LogP contribution in [0.15, 0.2) is 0 Å². The van der Waals surface area contributed by atoms with E-state index in [1.165, 1.54) is 4.90 Å². The second-order valence-corrected chi connectivity index (χ2v) is 3.25. The second-order valence-electron chi connectivity index (χ2n) is 3.25. The SMILES string of the molecule is CCNC(=O)CN(CC)C(=O)COCC(=O)O. The van der Waals surface area contributed by atoms with E-state index in [4.69, 9.17) is 5.11 Å². The lowest BCUT2D eigenvalue weighted by Gasteiger charge is -2.19. The molecule has 0 aromatic heterocycles. The molecule has 0 bridgehead atoms. The van der Waals surface area contributed by atoms with Crippen LogP contribution in [-0.2, 0) is 19.1 Å². The lowest BCUT2D eigenvalue weighted by atomic mass is 10.4. The number of aliphatic carboxylic acids is 1. The minimum Gasteiger partial charge on any atom is -0.480 e. The molecule has 0 aliphatic rings. The van der Waals surface area contributed by atoms with Gasteiger partial charge in [-0.1, -0.05) is 0 Å². The average Bonchev–Trinajstić information content (AvgIpc) is 2.25. The number of nitrogens with zero attached hydrogens (tertiary/aromatic N) is 1. The number of carbonyl (C=O) groups excluding carboxylic acids is 2. The van der Waals surface area contributed by atoms with Crippen LogP contribution in [0.4, 0.5) is 0 Å². The van der Waals surface area contributed by atoms with Crippen LogP contribution in [0.2, 0.25) is 0 Å². The van der Waals surface area contributed by atoms with Crippen molar-refractivity contribution in [2.75, 3.05) is 32.8 Å². The molecule has 0 radical (unpaired) electrons. The first-order valence-electron chi connectivity index (χ1n) is 5.35. The lowest BCUT2D eigenvalue weighted by molar-refractivity contribution is -0.147. The summed E-state index contributed by atoms with van der Waals surface area (Å²) in [5, 5.41) is 10.9. The van der Waals surface area contributed by atoms with Crippen molar-refractivity contribution in [1.82, 2.24) is 10.2 Å². The van der Waals surface area contributed by atoms with E-state index in [1.807, 2.05) is 0 Å². The molecule has 0 saturated carbocycles. The third-order valence-electron chi connectivity index (χ3n) is 1.89. The van der Waals surface area contributed by atoms with Crippen molar-refractivity contribution in [3.05, 3.63) is 0 Å². The van der Waals surface area contributed by atoms with Gasteiger partial charge in [-0.05, 0) is 13.8 Å². The van der Waals surface area contributed by atoms with Gasteiger partial charge in [0.15, 0.2) is 0 Å². The van der Waals surface area contributed by atoms with Crippen molar-refractivity contribution in [3.63, 3.8) is 0 Å². The number of amides is 2. The smallest absolute Gasteiger partial charge is 0.329 e. The van der Waals surface area contributed by atoms with Gasteiger partial charge in [0.05, 0.1) is 6.54 Å². The van der Waals surface area contributed by atoms with Crippen LogP contribution in [0.3, 0.4) is 0 Å². The van der Waals surface area contributed by atoms with Gasteiger partial charge in [0.1, 0.15) is 13.2 Å². The van der Waals surface area contributed by atoms with Crippen molar-refractivity contribution in [1.29, 1.82) is 0 Å². The molecule has 0 aromatic carbocycles. The number of rotatable bonds is 8. The van der Waals surface area contributed by atoms with Crippen LogP contribution in [-0.4, -0.2) is 60.6 Å².